The van der Waals surface area contributed by atoms with Gasteiger partial charge in [0.05, 0.1) is 6.17 Å². The largest absolute Gasteiger partial charge is 0.519 e. The number of rotatable bonds is 4. The van der Waals surface area contributed by atoms with Crippen LogP contribution in [0.15, 0.2) is 54.6 Å². The molecule has 34 heavy (non-hydrogen) atoms. The van der Waals surface area contributed by atoms with E-state index in [1.807, 2.05) is 18.2 Å². The fourth-order valence-corrected chi connectivity index (χ4v) is 4.60. The second-order valence-electron chi connectivity index (χ2n) is 8.23. The van der Waals surface area contributed by atoms with Crippen LogP contribution in [0.4, 0.5) is 10.5 Å². The molecule has 2 atom stereocenters. The maximum atomic E-state index is 12.1. The average Bonchev–Trinajstić information content (AvgIpc) is 3.20. The number of aliphatic carboxylic acids is 2. The van der Waals surface area contributed by atoms with Gasteiger partial charge >= 0.3 is 18.1 Å². The minimum atomic E-state index is -1.26. The van der Waals surface area contributed by atoms with Crippen molar-refractivity contribution in [2.45, 2.75) is 24.9 Å². The van der Waals surface area contributed by atoms with Gasteiger partial charge in [0, 0.05) is 41.9 Å². The van der Waals surface area contributed by atoms with Crippen molar-refractivity contribution >= 4 is 35.4 Å². The molecule has 0 aromatic heterocycles. The molecule has 0 spiro atoms. The number of likely N-dealkylation sites (N-methyl/N-ethyl adjacent to an activating group) is 2. The van der Waals surface area contributed by atoms with Gasteiger partial charge in [0.15, 0.2) is 0 Å². The van der Waals surface area contributed by atoms with E-state index in [-0.39, 0.29) is 5.41 Å². The second kappa shape index (κ2) is 10.1. The summed E-state index contributed by atoms with van der Waals surface area (Å²) in [6, 6.07) is 12.4. The van der Waals surface area contributed by atoms with E-state index < -0.39 is 18.1 Å². The first-order valence-corrected chi connectivity index (χ1v) is 10.8. The first kappa shape index (κ1) is 25.1. The number of anilines is 1. The Morgan fingerprint density at radius 1 is 1.00 bits per heavy atom. The molecule has 0 radical (unpaired) electrons. The summed E-state index contributed by atoms with van der Waals surface area (Å²) < 4.78 is 10.6. The molecular weight excluding hydrogens is 464 g/mol. The maximum absolute atomic E-state index is 12.1. The summed E-state index contributed by atoms with van der Waals surface area (Å²) in [6.45, 7) is 3.33. The van der Waals surface area contributed by atoms with Crippen LogP contribution < -0.4 is 14.4 Å². The molecule has 2 heterocycles. The number of carbonyl (C=O) groups excluding carboxylic acids is 1. The average molecular weight is 489 g/mol. The Labute approximate surface area is 201 Å². The van der Waals surface area contributed by atoms with Gasteiger partial charge in [0.2, 0.25) is 0 Å². The zero-order valence-corrected chi connectivity index (χ0v) is 19.7. The summed E-state index contributed by atoms with van der Waals surface area (Å²) in [5.74, 6) is -1.63. The minimum absolute atomic E-state index is 0.0261. The van der Waals surface area contributed by atoms with E-state index in [0.29, 0.717) is 34.8 Å². The summed E-state index contributed by atoms with van der Waals surface area (Å²) in [7, 11) is 4.27. The highest BCUT2D eigenvalue weighted by Crippen LogP contribution is 2.51. The van der Waals surface area contributed by atoms with Gasteiger partial charge in [-0.3, -0.25) is 4.90 Å². The third-order valence-corrected chi connectivity index (χ3v) is 6.14. The lowest BCUT2D eigenvalue weighted by Crippen LogP contribution is -2.45. The van der Waals surface area contributed by atoms with Gasteiger partial charge in [-0.1, -0.05) is 18.5 Å². The van der Waals surface area contributed by atoms with Crippen LogP contribution >= 0.6 is 11.6 Å². The first-order chi connectivity index (χ1) is 16.0. The number of fused-ring (bicyclic) bond motifs is 3. The van der Waals surface area contributed by atoms with Gasteiger partial charge in [-0.2, -0.15) is 0 Å². The van der Waals surface area contributed by atoms with Crippen LogP contribution in [0.2, 0.25) is 5.02 Å². The van der Waals surface area contributed by atoms with E-state index >= 15 is 0 Å². The molecule has 1 fully saturated rings. The second-order valence-corrected chi connectivity index (χ2v) is 8.67. The Morgan fingerprint density at radius 2 is 1.56 bits per heavy atom. The van der Waals surface area contributed by atoms with Gasteiger partial charge in [0.25, 0.3) is 0 Å². The van der Waals surface area contributed by atoms with E-state index in [1.165, 1.54) is 11.3 Å². The lowest BCUT2D eigenvalue weighted by molar-refractivity contribution is -0.134. The van der Waals surface area contributed by atoms with Crippen molar-refractivity contribution in [3.63, 3.8) is 0 Å². The number of nitrogens with zero attached hydrogens (tertiary/aromatic N) is 2. The normalized spacial score (nSPS) is 20.8. The summed E-state index contributed by atoms with van der Waals surface area (Å²) >= 11 is 5.83. The van der Waals surface area contributed by atoms with Crippen molar-refractivity contribution < 1.29 is 34.1 Å². The zero-order chi connectivity index (χ0) is 25.0. The molecule has 2 aliphatic rings. The number of carboxylic acids is 2. The number of carboxylic acid groups (broad SMARTS) is 2. The molecule has 0 saturated carbocycles. The third kappa shape index (κ3) is 5.49. The molecule has 2 aromatic carbocycles. The Hall–Kier alpha value is -3.56. The minimum Gasteiger partial charge on any atom is -0.478 e. The fraction of sp³-hybridized carbons (Fsp3) is 0.292. The number of hydrogen-bond donors (Lipinski definition) is 2. The Bertz CT molecular complexity index is 1100. The molecule has 10 heteroatoms. The molecular formula is C24H25ClN2O7. The number of likely N-dealkylation sites (tertiary alicyclic amines) is 1. The molecule has 0 amide bonds. The van der Waals surface area contributed by atoms with E-state index in [0.717, 1.165) is 13.0 Å². The smallest absolute Gasteiger partial charge is 0.478 e. The molecule has 2 N–H and O–H groups in total. The van der Waals surface area contributed by atoms with Crippen LogP contribution in [0.5, 0.6) is 11.5 Å². The van der Waals surface area contributed by atoms with Crippen LogP contribution in [0, 0.1) is 0 Å². The highest BCUT2D eigenvalue weighted by Gasteiger charge is 2.52. The van der Waals surface area contributed by atoms with E-state index in [9.17, 15) is 14.4 Å². The molecule has 0 unspecified atom stereocenters. The van der Waals surface area contributed by atoms with Gasteiger partial charge in [0.1, 0.15) is 11.5 Å². The summed E-state index contributed by atoms with van der Waals surface area (Å²) in [5, 5.41) is 16.2. The summed E-state index contributed by atoms with van der Waals surface area (Å²) in [6.07, 6.45) is 1.76. The molecule has 1 saturated heterocycles. The van der Waals surface area contributed by atoms with Gasteiger partial charge < -0.3 is 24.6 Å². The van der Waals surface area contributed by atoms with Crippen LogP contribution in [-0.2, 0) is 15.0 Å². The van der Waals surface area contributed by atoms with Gasteiger partial charge in [-0.25, -0.2) is 14.4 Å². The molecule has 0 aliphatic carbocycles. The van der Waals surface area contributed by atoms with Crippen molar-refractivity contribution in [1.82, 2.24) is 4.90 Å². The first-order valence-electron chi connectivity index (χ1n) is 10.4. The van der Waals surface area contributed by atoms with Gasteiger partial charge in [-0.05, 0) is 61.5 Å². The molecule has 4 rings (SSSR count). The molecule has 2 aromatic rings. The maximum Gasteiger partial charge on any atom is 0.519 e. The van der Waals surface area contributed by atoms with E-state index in [2.05, 4.69) is 30.8 Å². The lowest BCUT2D eigenvalue weighted by atomic mass is 9.81. The number of benzene rings is 2. The van der Waals surface area contributed by atoms with Crippen molar-refractivity contribution in [1.29, 1.82) is 0 Å². The van der Waals surface area contributed by atoms with Gasteiger partial charge in [-0.15, -0.1) is 0 Å². The Balaban J connectivity index is 0.000000350. The van der Waals surface area contributed by atoms with Crippen molar-refractivity contribution in [2.24, 2.45) is 0 Å². The number of hydrogen-bond acceptors (Lipinski definition) is 7. The predicted molar refractivity (Wildman–Crippen MR) is 126 cm³/mol. The highest BCUT2D eigenvalue weighted by molar-refractivity contribution is 6.30. The molecule has 9 nitrogen and oxygen atoms in total. The number of carbonyl (C=O) groups is 3. The standard InChI is InChI=1S/C20H21ClN2O3.C4H4O4/c1-20-10-11-22(2)18(20)23(3)17-9-8-15(12-16(17)20)26-19(24)25-14-6-4-13(21)5-7-14;5-3(6)1-2-4(7)8/h4-9,12,18H,10-11H2,1-3H3;1-2H,(H,5,6)(H,7,8)/b;2-1+/t18-,20-;/m0./s1. The quantitative estimate of drug-likeness (QED) is 0.374. The summed E-state index contributed by atoms with van der Waals surface area (Å²) in [4.78, 5) is 35.9. The predicted octanol–water partition coefficient (Wildman–Crippen LogP) is 4.00. The summed E-state index contributed by atoms with van der Waals surface area (Å²) in [5.41, 5.74) is 2.42. The third-order valence-electron chi connectivity index (χ3n) is 5.89. The number of ether oxygens (including phenoxy) is 2. The fourth-order valence-electron chi connectivity index (χ4n) is 4.48. The van der Waals surface area contributed by atoms with Crippen LogP contribution in [0.3, 0.4) is 0 Å². The van der Waals surface area contributed by atoms with Crippen molar-refractivity contribution in [3.05, 3.63) is 65.2 Å². The monoisotopic (exact) mass is 488 g/mol. The van der Waals surface area contributed by atoms with Crippen molar-refractivity contribution in [3.8, 4) is 11.5 Å². The zero-order valence-electron chi connectivity index (χ0n) is 18.9. The van der Waals surface area contributed by atoms with Crippen LogP contribution in [0.25, 0.3) is 0 Å². The number of halogens is 1. The molecule has 0 bridgehead atoms. The van der Waals surface area contributed by atoms with Crippen LogP contribution in [0.1, 0.15) is 18.9 Å². The molecule has 180 valence electrons. The van der Waals surface area contributed by atoms with Crippen LogP contribution in [-0.4, -0.2) is 60.0 Å². The lowest BCUT2D eigenvalue weighted by Gasteiger charge is -2.32. The van der Waals surface area contributed by atoms with E-state index in [4.69, 9.17) is 31.3 Å². The Morgan fingerprint density at radius 3 is 2.15 bits per heavy atom. The topological polar surface area (TPSA) is 117 Å². The van der Waals surface area contributed by atoms with E-state index in [1.54, 1.807) is 24.3 Å². The van der Waals surface area contributed by atoms with Crippen molar-refractivity contribution in [2.75, 3.05) is 25.5 Å². The molecule has 2 aliphatic heterocycles. The Kier molecular flexibility index (Phi) is 7.48. The highest BCUT2D eigenvalue weighted by atomic mass is 35.5. The SMILES string of the molecule is CN1CC[C@@]2(C)c3cc(OC(=O)Oc4ccc(Cl)cc4)ccc3N(C)[C@H]12.O=C(O)/C=C/C(=O)O.